The van der Waals surface area contributed by atoms with Crippen molar-refractivity contribution < 1.29 is 13.2 Å². The third-order valence-electron chi connectivity index (χ3n) is 1.54. The molecule has 1 aromatic carbocycles. The van der Waals surface area contributed by atoms with Crippen LogP contribution in [0, 0.1) is 11.8 Å². The van der Waals surface area contributed by atoms with Gasteiger partial charge in [-0.1, -0.05) is 34.3 Å². The van der Waals surface area contributed by atoms with Crippen molar-refractivity contribution in [2.75, 3.05) is 0 Å². The Morgan fingerprint density at radius 3 is 2.20 bits per heavy atom. The van der Waals surface area contributed by atoms with Crippen LogP contribution >= 0.6 is 15.9 Å². The molecule has 0 aliphatic rings. The van der Waals surface area contributed by atoms with Gasteiger partial charge in [-0.25, -0.2) is 0 Å². The molecule has 0 nitrogen and oxygen atoms in total. The Bertz CT molecular complexity index is 418. The molecule has 4 heteroatoms. The Morgan fingerprint density at radius 1 is 1.20 bits per heavy atom. The summed E-state index contributed by atoms with van der Waals surface area (Å²) in [6.45, 7) is 2.85. The molecule has 0 heterocycles. The topological polar surface area (TPSA) is 0 Å². The van der Waals surface area contributed by atoms with E-state index in [1.54, 1.807) is 24.3 Å². The average Bonchev–Trinajstić information content (AvgIpc) is 2.15. The zero-order valence-electron chi connectivity index (χ0n) is 7.53. The van der Waals surface area contributed by atoms with Gasteiger partial charge in [0.1, 0.15) is 0 Å². The van der Waals surface area contributed by atoms with E-state index in [2.05, 4.69) is 28.4 Å². The lowest BCUT2D eigenvalue weighted by molar-refractivity contribution is -0.0868. The Balaban J connectivity index is 2.83. The molecule has 15 heavy (non-hydrogen) atoms. The van der Waals surface area contributed by atoms with Crippen molar-refractivity contribution in [3.8, 4) is 11.8 Å². The Kier molecular flexibility index (Phi) is 3.59. The summed E-state index contributed by atoms with van der Waals surface area (Å²) >= 11 is 3.21. The van der Waals surface area contributed by atoms with Gasteiger partial charge in [0, 0.05) is 10.0 Å². The van der Waals surface area contributed by atoms with Gasteiger partial charge in [0.25, 0.3) is 0 Å². The van der Waals surface area contributed by atoms with Crippen LogP contribution in [0.3, 0.4) is 0 Å². The molecule has 0 radical (unpaired) electrons. The van der Waals surface area contributed by atoms with Crippen molar-refractivity contribution >= 4 is 15.9 Å². The minimum Gasteiger partial charge on any atom is -0.165 e. The van der Waals surface area contributed by atoms with Gasteiger partial charge < -0.3 is 0 Å². The molecule has 1 aromatic rings. The second-order valence-corrected chi connectivity index (χ2v) is 3.65. The largest absolute Gasteiger partial charge is 0.423 e. The highest BCUT2D eigenvalue weighted by molar-refractivity contribution is 9.10. The number of allylic oxidation sites excluding steroid dienone is 1. The van der Waals surface area contributed by atoms with Crippen molar-refractivity contribution in [2.45, 2.75) is 6.18 Å². The van der Waals surface area contributed by atoms with Crippen molar-refractivity contribution in [1.82, 2.24) is 0 Å². The van der Waals surface area contributed by atoms with E-state index in [4.69, 9.17) is 0 Å². The van der Waals surface area contributed by atoms with Gasteiger partial charge in [-0.2, -0.15) is 13.2 Å². The maximum absolute atomic E-state index is 12.0. The molecule has 0 unspecified atom stereocenters. The summed E-state index contributed by atoms with van der Waals surface area (Å²) < 4.78 is 36.9. The summed E-state index contributed by atoms with van der Waals surface area (Å²) in [4.78, 5) is 0. The second kappa shape index (κ2) is 4.54. The smallest absolute Gasteiger partial charge is 0.165 e. The molecule has 0 amide bonds. The van der Waals surface area contributed by atoms with Crippen molar-refractivity contribution in [1.29, 1.82) is 0 Å². The van der Waals surface area contributed by atoms with Gasteiger partial charge in [0.15, 0.2) is 0 Å². The fraction of sp³-hybridized carbons (Fsp3) is 0.0909. The van der Waals surface area contributed by atoms with Gasteiger partial charge in [-0.05, 0) is 24.3 Å². The number of halogens is 4. The first-order chi connectivity index (χ1) is 6.89. The van der Waals surface area contributed by atoms with Gasteiger partial charge in [0.05, 0.1) is 5.57 Å². The van der Waals surface area contributed by atoms with E-state index in [1.165, 1.54) is 0 Å². The van der Waals surface area contributed by atoms with E-state index < -0.39 is 11.7 Å². The van der Waals surface area contributed by atoms with Crippen LogP contribution in [0.25, 0.3) is 0 Å². The van der Waals surface area contributed by atoms with E-state index in [1.807, 2.05) is 5.92 Å². The van der Waals surface area contributed by atoms with Crippen LogP contribution < -0.4 is 0 Å². The fourth-order valence-electron chi connectivity index (χ4n) is 0.752. The summed E-state index contributed by atoms with van der Waals surface area (Å²) in [6.07, 6.45) is -4.44. The first-order valence-electron chi connectivity index (χ1n) is 3.93. The number of hydrogen-bond donors (Lipinski definition) is 0. The molecule has 0 aliphatic carbocycles. The average molecular weight is 275 g/mol. The Morgan fingerprint density at radius 2 is 1.73 bits per heavy atom. The van der Waals surface area contributed by atoms with Crippen LogP contribution in [0.4, 0.5) is 13.2 Å². The highest BCUT2D eigenvalue weighted by Gasteiger charge is 2.30. The molecule has 0 saturated carbocycles. The summed E-state index contributed by atoms with van der Waals surface area (Å²) in [5.41, 5.74) is -0.519. The molecule has 78 valence electrons. The van der Waals surface area contributed by atoms with Crippen LogP contribution in [0.5, 0.6) is 0 Å². The van der Waals surface area contributed by atoms with Crippen LogP contribution in [0.1, 0.15) is 5.56 Å². The lowest BCUT2D eigenvalue weighted by Gasteiger charge is -2.01. The van der Waals surface area contributed by atoms with Crippen LogP contribution in [-0.2, 0) is 0 Å². The molecule has 1 rings (SSSR count). The molecule has 0 fully saturated rings. The van der Waals surface area contributed by atoms with E-state index >= 15 is 0 Å². The fourth-order valence-corrected chi connectivity index (χ4v) is 1.02. The third kappa shape index (κ3) is 3.80. The van der Waals surface area contributed by atoms with Gasteiger partial charge in [-0.15, -0.1) is 0 Å². The van der Waals surface area contributed by atoms with Crippen molar-refractivity contribution in [3.63, 3.8) is 0 Å². The van der Waals surface area contributed by atoms with Gasteiger partial charge in [0.2, 0.25) is 0 Å². The maximum Gasteiger partial charge on any atom is 0.423 e. The number of alkyl halides is 3. The Labute approximate surface area is 93.9 Å². The normalized spacial score (nSPS) is 10.4. The molecule has 0 aliphatic heterocycles. The number of hydrogen-bond acceptors (Lipinski definition) is 0. The SMILES string of the molecule is C=C(C#Cc1ccc(Br)cc1)C(F)(F)F. The van der Waals surface area contributed by atoms with E-state index in [0.717, 1.165) is 4.47 Å². The van der Waals surface area contributed by atoms with E-state index in [-0.39, 0.29) is 0 Å². The standard InChI is InChI=1S/C11H6BrF3/c1-8(11(13,14)15)2-3-9-4-6-10(12)7-5-9/h4-7H,1H2. The zero-order valence-corrected chi connectivity index (χ0v) is 9.11. The predicted octanol–water partition coefficient (Wildman–Crippen LogP) is 3.92. The maximum atomic E-state index is 12.0. The first-order valence-corrected chi connectivity index (χ1v) is 4.72. The van der Waals surface area contributed by atoms with Gasteiger partial charge in [-0.3, -0.25) is 0 Å². The molecule has 0 saturated heterocycles. The van der Waals surface area contributed by atoms with E-state index in [0.29, 0.717) is 5.56 Å². The molecular weight excluding hydrogens is 269 g/mol. The summed E-state index contributed by atoms with van der Waals surface area (Å²) in [6, 6.07) is 6.67. The molecule has 0 aromatic heterocycles. The zero-order chi connectivity index (χ0) is 11.5. The third-order valence-corrected chi connectivity index (χ3v) is 2.07. The first kappa shape index (κ1) is 11.9. The minimum atomic E-state index is -4.44. The van der Waals surface area contributed by atoms with Crippen LogP contribution in [0.15, 0.2) is 40.9 Å². The lowest BCUT2D eigenvalue weighted by Crippen LogP contribution is -2.08. The second-order valence-electron chi connectivity index (χ2n) is 2.73. The molecule has 0 spiro atoms. The molecule has 0 bridgehead atoms. The quantitative estimate of drug-likeness (QED) is 0.629. The van der Waals surface area contributed by atoms with Gasteiger partial charge >= 0.3 is 6.18 Å². The Hall–Kier alpha value is -1.21. The molecular formula is C11H6BrF3. The monoisotopic (exact) mass is 274 g/mol. The minimum absolute atomic E-state index is 0.517. The number of benzene rings is 1. The highest BCUT2D eigenvalue weighted by Crippen LogP contribution is 2.23. The number of rotatable bonds is 0. The molecule has 0 atom stereocenters. The highest BCUT2D eigenvalue weighted by atomic mass is 79.9. The summed E-state index contributed by atoms with van der Waals surface area (Å²) in [5.74, 6) is 4.36. The summed E-state index contributed by atoms with van der Waals surface area (Å²) in [7, 11) is 0. The predicted molar refractivity (Wildman–Crippen MR) is 56.2 cm³/mol. The van der Waals surface area contributed by atoms with E-state index in [9.17, 15) is 13.2 Å². The van der Waals surface area contributed by atoms with Crippen LogP contribution in [0.2, 0.25) is 0 Å². The van der Waals surface area contributed by atoms with Crippen molar-refractivity contribution in [2.24, 2.45) is 0 Å². The molecule has 0 N–H and O–H groups in total. The summed E-state index contributed by atoms with van der Waals surface area (Å²) in [5, 5.41) is 0. The van der Waals surface area contributed by atoms with Crippen molar-refractivity contribution in [3.05, 3.63) is 46.5 Å². The lowest BCUT2D eigenvalue weighted by atomic mass is 10.2. The van der Waals surface area contributed by atoms with Crippen LogP contribution in [-0.4, -0.2) is 6.18 Å².